The molecule has 0 unspecified atom stereocenters. The van der Waals surface area contributed by atoms with Gasteiger partial charge in [0.1, 0.15) is 6.29 Å². The van der Waals surface area contributed by atoms with Crippen molar-refractivity contribution in [3.8, 4) is 0 Å². The van der Waals surface area contributed by atoms with E-state index in [1.54, 1.807) is 31.2 Å². The number of nitrogens with zero attached hydrogens (tertiary/aromatic N) is 1. The average Bonchev–Trinajstić information content (AvgIpc) is 2.37. The second-order valence-corrected chi connectivity index (χ2v) is 4.06. The van der Waals surface area contributed by atoms with Crippen molar-refractivity contribution in [2.24, 2.45) is 0 Å². The van der Waals surface area contributed by atoms with Crippen LogP contribution in [0.1, 0.15) is 21.5 Å². The zero-order chi connectivity index (χ0) is 13.1. The van der Waals surface area contributed by atoms with E-state index >= 15 is 0 Å². The smallest absolute Gasteiger partial charge is 0.298 e. The van der Waals surface area contributed by atoms with Gasteiger partial charge in [-0.3, -0.25) is 19.1 Å². The fourth-order valence-corrected chi connectivity index (χ4v) is 1.63. The molecule has 0 atom stereocenters. The topological polar surface area (TPSA) is 71.9 Å². The molecule has 0 aliphatic rings. The molecule has 2 aromatic rings. The Morgan fingerprint density at radius 3 is 2.50 bits per heavy atom. The predicted molar refractivity (Wildman–Crippen MR) is 67.0 cm³/mol. The van der Waals surface area contributed by atoms with E-state index in [-0.39, 0.29) is 5.56 Å². The number of nitrogens with one attached hydrogen (secondary N) is 1. The Balaban J connectivity index is 2.33. The van der Waals surface area contributed by atoms with Crippen LogP contribution in [0, 0.1) is 6.92 Å². The molecule has 0 amide bonds. The summed E-state index contributed by atoms with van der Waals surface area (Å²) < 4.78 is 1.42. The molecule has 0 fully saturated rings. The van der Waals surface area contributed by atoms with E-state index in [2.05, 4.69) is 4.98 Å². The standard InChI is InChI=1S/C13H12N2O3/c1-9-6-15(13(18)14-12(9)17)7-10-2-4-11(8-16)5-3-10/h2-6,8H,7H2,1H3,(H,14,17,18). The lowest BCUT2D eigenvalue weighted by atomic mass is 10.1. The van der Waals surface area contributed by atoms with Crippen LogP contribution in [0.3, 0.4) is 0 Å². The normalized spacial score (nSPS) is 10.3. The van der Waals surface area contributed by atoms with Crippen molar-refractivity contribution in [2.45, 2.75) is 13.5 Å². The summed E-state index contributed by atoms with van der Waals surface area (Å²) in [5.74, 6) is 0. The van der Waals surface area contributed by atoms with Crippen LogP contribution in [0.5, 0.6) is 0 Å². The molecule has 0 saturated heterocycles. The van der Waals surface area contributed by atoms with Crippen LogP contribution in [-0.4, -0.2) is 15.8 Å². The maximum atomic E-state index is 11.6. The number of benzene rings is 1. The number of rotatable bonds is 3. The van der Waals surface area contributed by atoms with Gasteiger partial charge >= 0.3 is 5.69 Å². The molecule has 0 aliphatic heterocycles. The highest BCUT2D eigenvalue weighted by Crippen LogP contribution is 2.03. The summed E-state index contributed by atoms with van der Waals surface area (Å²) in [6, 6.07) is 6.92. The molecule has 18 heavy (non-hydrogen) atoms. The highest BCUT2D eigenvalue weighted by molar-refractivity contribution is 5.74. The van der Waals surface area contributed by atoms with E-state index in [1.807, 2.05) is 0 Å². The van der Waals surface area contributed by atoms with Gasteiger partial charge in [0.05, 0.1) is 6.54 Å². The number of H-pyrrole nitrogens is 1. The summed E-state index contributed by atoms with van der Waals surface area (Å²) >= 11 is 0. The zero-order valence-corrected chi connectivity index (χ0v) is 9.84. The summed E-state index contributed by atoms with van der Waals surface area (Å²) in [6.45, 7) is 2.00. The number of aldehydes is 1. The number of carbonyl (C=O) groups excluding carboxylic acids is 1. The highest BCUT2D eigenvalue weighted by atomic mass is 16.2. The summed E-state index contributed by atoms with van der Waals surface area (Å²) in [4.78, 5) is 35.6. The van der Waals surface area contributed by atoms with E-state index in [1.165, 1.54) is 10.8 Å². The van der Waals surface area contributed by atoms with Crippen LogP contribution in [0.25, 0.3) is 0 Å². The van der Waals surface area contributed by atoms with Crippen molar-refractivity contribution in [3.63, 3.8) is 0 Å². The first kappa shape index (κ1) is 12.0. The molecule has 5 heteroatoms. The first-order chi connectivity index (χ1) is 8.60. The Morgan fingerprint density at radius 2 is 1.89 bits per heavy atom. The molecule has 0 spiro atoms. The molecule has 0 radical (unpaired) electrons. The van der Waals surface area contributed by atoms with E-state index < -0.39 is 5.69 Å². The largest absolute Gasteiger partial charge is 0.328 e. The average molecular weight is 244 g/mol. The first-order valence-corrected chi connectivity index (χ1v) is 5.44. The summed E-state index contributed by atoms with van der Waals surface area (Å²) in [7, 11) is 0. The fraction of sp³-hybridized carbons (Fsp3) is 0.154. The van der Waals surface area contributed by atoms with Crippen LogP contribution in [0.15, 0.2) is 40.1 Å². The molecular formula is C13H12N2O3. The van der Waals surface area contributed by atoms with Crippen LogP contribution < -0.4 is 11.2 Å². The monoisotopic (exact) mass is 244 g/mol. The van der Waals surface area contributed by atoms with Crippen molar-refractivity contribution < 1.29 is 4.79 Å². The minimum Gasteiger partial charge on any atom is -0.298 e. The van der Waals surface area contributed by atoms with Gasteiger partial charge in [0, 0.05) is 17.3 Å². The lowest BCUT2D eigenvalue weighted by molar-refractivity contribution is 0.112. The van der Waals surface area contributed by atoms with E-state index in [4.69, 9.17) is 0 Å². The number of carbonyl (C=O) groups is 1. The Kier molecular flexibility index (Phi) is 3.23. The molecule has 0 saturated carbocycles. The third-order valence-corrected chi connectivity index (χ3v) is 2.66. The molecule has 0 aliphatic carbocycles. The van der Waals surface area contributed by atoms with Crippen LogP contribution in [-0.2, 0) is 6.54 Å². The highest BCUT2D eigenvalue weighted by Gasteiger charge is 2.02. The van der Waals surface area contributed by atoms with Gasteiger partial charge < -0.3 is 0 Å². The Morgan fingerprint density at radius 1 is 1.22 bits per heavy atom. The van der Waals surface area contributed by atoms with Crippen molar-refractivity contribution >= 4 is 6.29 Å². The molecule has 0 bridgehead atoms. The lowest BCUT2D eigenvalue weighted by Crippen LogP contribution is -2.31. The second-order valence-electron chi connectivity index (χ2n) is 4.06. The molecule has 1 aromatic carbocycles. The van der Waals surface area contributed by atoms with Gasteiger partial charge in [0.2, 0.25) is 0 Å². The van der Waals surface area contributed by atoms with E-state index in [0.29, 0.717) is 17.7 Å². The summed E-state index contributed by atoms with van der Waals surface area (Å²) in [5, 5.41) is 0. The van der Waals surface area contributed by atoms with Gasteiger partial charge in [-0.25, -0.2) is 4.79 Å². The van der Waals surface area contributed by atoms with E-state index in [0.717, 1.165) is 11.8 Å². The maximum Gasteiger partial charge on any atom is 0.328 e. The Bertz CT molecular complexity index is 681. The van der Waals surface area contributed by atoms with Gasteiger partial charge in [0.25, 0.3) is 5.56 Å². The van der Waals surface area contributed by atoms with Crippen molar-refractivity contribution in [1.29, 1.82) is 0 Å². The molecule has 1 heterocycles. The third-order valence-electron chi connectivity index (χ3n) is 2.66. The number of aromatic amines is 1. The molecule has 1 N–H and O–H groups in total. The zero-order valence-electron chi connectivity index (χ0n) is 9.84. The van der Waals surface area contributed by atoms with Crippen molar-refractivity contribution in [2.75, 3.05) is 0 Å². The maximum absolute atomic E-state index is 11.6. The van der Waals surface area contributed by atoms with Crippen molar-refractivity contribution in [3.05, 3.63) is 68.0 Å². The second kappa shape index (κ2) is 4.83. The SMILES string of the molecule is Cc1cn(Cc2ccc(C=O)cc2)c(=O)[nH]c1=O. The number of hydrogen-bond acceptors (Lipinski definition) is 3. The van der Waals surface area contributed by atoms with Gasteiger partial charge in [-0.2, -0.15) is 0 Å². The third kappa shape index (κ3) is 2.45. The minimum atomic E-state index is -0.440. The number of aryl methyl sites for hydroxylation is 1. The van der Waals surface area contributed by atoms with Gasteiger partial charge in [-0.1, -0.05) is 24.3 Å². The predicted octanol–water partition coefficient (Wildman–Crippen LogP) is 0.706. The van der Waals surface area contributed by atoms with Crippen molar-refractivity contribution in [1.82, 2.24) is 9.55 Å². The molecule has 5 nitrogen and oxygen atoms in total. The summed E-state index contributed by atoms with van der Waals surface area (Å²) in [6.07, 6.45) is 2.29. The van der Waals surface area contributed by atoms with Crippen LogP contribution in [0.4, 0.5) is 0 Å². The lowest BCUT2D eigenvalue weighted by Gasteiger charge is -2.06. The molecular weight excluding hydrogens is 232 g/mol. The van der Waals surface area contributed by atoms with Gasteiger partial charge in [-0.15, -0.1) is 0 Å². The number of aromatic nitrogens is 2. The van der Waals surface area contributed by atoms with Gasteiger partial charge in [0.15, 0.2) is 0 Å². The molecule has 1 aromatic heterocycles. The van der Waals surface area contributed by atoms with Crippen LogP contribution in [0.2, 0.25) is 0 Å². The Labute approximate surface area is 103 Å². The fourth-order valence-electron chi connectivity index (χ4n) is 1.63. The van der Waals surface area contributed by atoms with Gasteiger partial charge in [-0.05, 0) is 12.5 Å². The first-order valence-electron chi connectivity index (χ1n) is 5.44. The molecule has 92 valence electrons. The van der Waals surface area contributed by atoms with Crippen LogP contribution >= 0.6 is 0 Å². The number of hydrogen-bond donors (Lipinski definition) is 1. The summed E-state index contributed by atoms with van der Waals surface area (Å²) in [5.41, 5.74) is 1.15. The van der Waals surface area contributed by atoms with E-state index in [9.17, 15) is 14.4 Å². The minimum absolute atomic E-state index is 0.357. The molecule has 2 rings (SSSR count). The quantitative estimate of drug-likeness (QED) is 0.808. The Hall–Kier alpha value is -2.43.